The highest BCUT2D eigenvalue weighted by molar-refractivity contribution is 7.17. The van der Waals surface area contributed by atoms with Crippen molar-refractivity contribution in [3.05, 3.63) is 80.3 Å². The molecule has 3 aromatic rings. The summed E-state index contributed by atoms with van der Waals surface area (Å²) in [5.41, 5.74) is 6.62. The molecule has 3 rings (SSSR count). The first kappa shape index (κ1) is 19.2. The number of aryl methyl sites for hydroxylation is 2. The minimum absolute atomic E-state index is 0.0747. The molecule has 0 bridgehead atoms. The Labute approximate surface area is 164 Å². The topological polar surface area (TPSA) is 114 Å². The summed E-state index contributed by atoms with van der Waals surface area (Å²) in [7, 11) is 0. The Morgan fingerprint density at radius 3 is 2.36 bits per heavy atom. The Hall–Kier alpha value is -3.59. The lowest BCUT2D eigenvalue weighted by Crippen LogP contribution is -2.41. The van der Waals surface area contributed by atoms with Crippen molar-refractivity contribution in [1.82, 2.24) is 15.8 Å². The van der Waals surface area contributed by atoms with Gasteiger partial charge in [-0.05, 0) is 26.0 Å². The molecule has 2 amide bonds. The highest BCUT2D eigenvalue weighted by atomic mass is 32.1. The smallest absolute Gasteiger partial charge is 0.267 e. The average Bonchev–Trinajstić information content (AvgIpc) is 3.08. The maximum atomic E-state index is 12.4. The molecule has 8 nitrogen and oxygen atoms in total. The van der Waals surface area contributed by atoms with E-state index in [4.69, 9.17) is 0 Å². The normalized spacial score (nSPS) is 10.4. The van der Waals surface area contributed by atoms with E-state index in [0.717, 1.165) is 5.56 Å². The number of aromatic nitrogens is 1. The molecule has 0 spiro atoms. The summed E-state index contributed by atoms with van der Waals surface area (Å²) in [4.78, 5) is 39.8. The number of carbonyl (C=O) groups is 2. The van der Waals surface area contributed by atoms with Crippen LogP contribution in [0.3, 0.4) is 0 Å². The number of carbonyl (C=O) groups excluding carboxylic acids is 2. The van der Waals surface area contributed by atoms with Crippen molar-refractivity contribution >= 4 is 28.8 Å². The highest BCUT2D eigenvalue weighted by Crippen LogP contribution is 2.27. The standard InChI is InChI=1S/C19H16N4O4S/c1-11-10-14(8-9-15(11)23(26)27)17(24)21-22-18(25)16-12(2)20-19(28-16)13-6-4-3-5-7-13/h3-10H,1-2H3,(H,21,24)(H,22,25). The number of nitro groups is 1. The van der Waals surface area contributed by atoms with E-state index in [-0.39, 0.29) is 11.3 Å². The van der Waals surface area contributed by atoms with Crippen molar-refractivity contribution in [2.45, 2.75) is 13.8 Å². The average molecular weight is 396 g/mol. The fourth-order valence-electron chi connectivity index (χ4n) is 2.56. The first-order valence-electron chi connectivity index (χ1n) is 8.25. The molecule has 28 heavy (non-hydrogen) atoms. The Morgan fingerprint density at radius 1 is 1.04 bits per heavy atom. The fourth-order valence-corrected chi connectivity index (χ4v) is 3.52. The van der Waals surface area contributed by atoms with Gasteiger partial charge in [-0.2, -0.15) is 0 Å². The van der Waals surface area contributed by atoms with Crippen LogP contribution in [-0.4, -0.2) is 21.7 Å². The minimum atomic E-state index is -0.572. The number of amides is 2. The summed E-state index contributed by atoms with van der Waals surface area (Å²) >= 11 is 1.23. The van der Waals surface area contributed by atoms with E-state index in [2.05, 4.69) is 15.8 Å². The van der Waals surface area contributed by atoms with E-state index < -0.39 is 16.7 Å². The van der Waals surface area contributed by atoms with Crippen LogP contribution >= 0.6 is 11.3 Å². The molecule has 0 aliphatic carbocycles. The fraction of sp³-hybridized carbons (Fsp3) is 0.105. The molecule has 2 N–H and O–H groups in total. The van der Waals surface area contributed by atoms with Crippen molar-refractivity contribution < 1.29 is 14.5 Å². The predicted molar refractivity (Wildman–Crippen MR) is 105 cm³/mol. The number of benzene rings is 2. The molecule has 0 atom stereocenters. The zero-order valence-electron chi connectivity index (χ0n) is 15.1. The number of thiazole rings is 1. The lowest BCUT2D eigenvalue weighted by atomic mass is 10.1. The Bertz CT molecular complexity index is 1060. The minimum Gasteiger partial charge on any atom is -0.267 e. The summed E-state index contributed by atoms with van der Waals surface area (Å²) in [6.45, 7) is 3.26. The van der Waals surface area contributed by atoms with Gasteiger partial charge in [0, 0.05) is 22.8 Å². The molecular formula is C19H16N4O4S. The third-order valence-electron chi connectivity index (χ3n) is 3.97. The molecule has 0 unspecified atom stereocenters. The highest BCUT2D eigenvalue weighted by Gasteiger charge is 2.18. The van der Waals surface area contributed by atoms with E-state index in [1.165, 1.54) is 29.5 Å². The van der Waals surface area contributed by atoms with E-state index in [1.54, 1.807) is 13.8 Å². The van der Waals surface area contributed by atoms with Crippen LogP contribution in [0.4, 0.5) is 5.69 Å². The second-order valence-corrected chi connectivity index (χ2v) is 6.97. The van der Waals surface area contributed by atoms with Gasteiger partial charge in [0.25, 0.3) is 17.5 Å². The number of nitrogens with zero attached hydrogens (tertiary/aromatic N) is 2. The van der Waals surface area contributed by atoms with E-state index in [1.807, 2.05) is 30.3 Å². The number of rotatable bonds is 4. The van der Waals surface area contributed by atoms with E-state index in [9.17, 15) is 19.7 Å². The van der Waals surface area contributed by atoms with Crippen molar-refractivity contribution in [3.63, 3.8) is 0 Å². The van der Waals surface area contributed by atoms with Gasteiger partial charge in [-0.15, -0.1) is 11.3 Å². The van der Waals surface area contributed by atoms with Crippen molar-refractivity contribution in [2.75, 3.05) is 0 Å². The molecule has 0 fully saturated rings. The van der Waals surface area contributed by atoms with Gasteiger partial charge >= 0.3 is 0 Å². The second kappa shape index (κ2) is 7.97. The third kappa shape index (κ3) is 4.04. The first-order chi connectivity index (χ1) is 13.4. The quantitative estimate of drug-likeness (QED) is 0.518. The molecule has 0 saturated heterocycles. The Balaban J connectivity index is 1.69. The summed E-state index contributed by atoms with van der Waals surface area (Å²) < 4.78 is 0. The van der Waals surface area contributed by atoms with E-state index in [0.29, 0.717) is 21.1 Å². The summed E-state index contributed by atoms with van der Waals surface area (Å²) in [5, 5.41) is 11.6. The third-order valence-corrected chi connectivity index (χ3v) is 5.17. The molecule has 142 valence electrons. The molecule has 0 saturated carbocycles. The summed E-state index contributed by atoms with van der Waals surface area (Å²) in [6.07, 6.45) is 0. The zero-order chi connectivity index (χ0) is 20.3. The van der Waals surface area contributed by atoms with Crippen LogP contribution in [-0.2, 0) is 0 Å². The lowest BCUT2D eigenvalue weighted by Gasteiger charge is -2.07. The molecule has 1 heterocycles. The molecular weight excluding hydrogens is 380 g/mol. The van der Waals surface area contributed by atoms with Crippen LogP contribution in [0.25, 0.3) is 10.6 Å². The largest absolute Gasteiger partial charge is 0.281 e. The molecule has 2 aromatic carbocycles. The number of hydrogen-bond donors (Lipinski definition) is 2. The van der Waals surface area contributed by atoms with Gasteiger partial charge in [0.2, 0.25) is 0 Å². The zero-order valence-corrected chi connectivity index (χ0v) is 15.9. The molecule has 1 aromatic heterocycles. The SMILES string of the molecule is Cc1cc(C(=O)NNC(=O)c2sc(-c3ccccc3)nc2C)ccc1[N+](=O)[O-]. The monoisotopic (exact) mass is 396 g/mol. The number of nitro benzene ring substituents is 1. The molecule has 0 radical (unpaired) electrons. The maximum Gasteiger partial charge on any atom is 0.281 e. The number of hydrogen-bond acceptors (Lipinski definition) is 6. The lowest BCUT2D eigenvalue weighted by molar-refractivity contribution is -0.385. The van der Waals surface area contributed by atoms with Crippen LogP contribution in [0.1, 0.15) is 31.3 Å². The van der Waals surface area contributed by atoms with Gasteiger partial charge in [0.1, 0.15) is 9.88 Å². The number of nitrogens with one attached hydrogen (secondary N) is 2. The van der Waals surface area contributed by atoms with Crippen molar-refractivity contribution in [2.24, 2.45) is 0 Å². The second-order valence-electron chi connectivity index (χ2n) is 5.97. The van der Waals surface area contributed by atoms with Crippen LogP contribution in [0, 0.1) is 24.0 Å². The summed E-state index contributed by atoms with van der Waals surface area (Å²) in [5.74, 6) is -1.05. The summed E-state index contributed by atoms with van der Waals surface area (Å²) in [6, 6.07) is 13.5. The molecule has 0 aliphatic heterocycles. The van der Waals surface area contributed by atoms with Crippen LogP contribution < -0.4 is 10.9 Å². The number of hydrazine groups is 1. The van der Waals surface area contributed by atoms with Crippen LogP contribution in [0.5, 0.6) is 0 Å². The maximum absolute atomic E-state index is 12.4. The molecule has 0 aliphatic rings. The first-order valence-corrected chi connectivity index (χ1v) is 9.07. The van der Waals surface area contributed by atoms with Gasteiger partial charge in [-0.25, -0.2) is 4.98 Å². The van der Waals surface area contributed by atoms with Crippen molar-refractivity contribution in [1.29, 1.82) is 0 Å². The predicted octanol–water partition coefficient (Wildman–Crippen LogP) is 3.41. The van der Waals surface area contributed by atoms with Gasteiger partial charge < -0.3 is 0 Å². The van der Waals surface area contributed by atoms with Crippen LogP contribution in [0.15, 0.2) is 48.5 Å². The molecule has 9 heteroatoms. The van der Waals surface area contributed by atoms with Gasteiger partial charge in [-0.3, -0.25) is 30.6 Å². The van der Waals surface area contributed by atoms with E-state index >= 15 is 0 Å². The Morgan fingerprint density at radius 2 is 1.71 bits per heavy atom. The van der Waals surface area contributed by atoms with Gasteiger partial charge in [0.15, 0.2) is 0 Å². The van der Waals surface area contributed by atoms with Gasteiger partial charge in [-0.1, -0.05) is 30.3 Å². The Kier molecular flexibility index (Phi) is 5.46. The van der Waals surface area contributed by atoms with Crippen LogP contribution in [0.2, 0.25) is 0 Å². The van der Waals surface area contributed by atoms with Crippen molar-refractivity contribution in [3.8, 4) is 10.6 Å². The van der Waals surface area contributed by atoms with Gasteiger partial charge in [0.05, 0.1) is 10.6 Å².